The number of aryl methyl sites for hydroxylation is 1. The van der Waals surface area contributed by atoms with Crippen molar-refractivity contribution in [1.29, 1.82) is 0 Å². The SMILES string of the molecule is CCc1ccc(CNC(=O)Cn2ccc3cc(S(=O)(=O)N4CCCCC4)ccc32)cc1. The number of nitrogens with zero attached hydrogens (tertiary/aromatic N) is 2. The van der Waals surface area contributed by atoms with E-state index in [9.17, 15) is 13.2 Å². The molecule has 0 spiro atoms. The number of aromatic nitrogens is 1. The van der Waals surface area contributed by atoms with Gasteiger partial charge in [-0.25, -0.2) is 8.42 Å². The number of hydrogen-bond donors (Lipinski definition) is 1. The quantitative estimate of drug-likeness (QED) is 0.610. The molecule has 4 rings (SSSR count). The molecule has 2 heterocycles. The van der Waals surface area contributed by atoms with Crippen LogP contribution in [0.25, 0.3) is 10.9 Å². The number of fused-ring (bicyclic) bond motifs is 1. The van der Waals surface area contributed by atoms with Gasteiger partial charge < -0.3 is 9.88 Å². The van der Waals surface area contributed by atoms with E-state index in [2.05, 4.69) is 24.4 Å². The van der Waals surface area contributed by atoms with Gasteiger partial charge in [-0.3, -0.25) is 4.79 Å². The van der Waals surface area contributed by atoms with Crippen LogP contribution >= 0.6 is 0 Å². The Morgan fingerprint density at radius 2 is 1.68 bits per heavy atom. The van der Waals surface area contributed by atoms with Gasteiger partial charge in [0.2, 0.25) is 15.9 Å². The second-order valence-electron chi connectivity index (χ2n) is 8.08. The van der Waals surface area contributed by atoms with Crippen LogP contribution in [0.4, 0.5) is 0 Å². The van der Waals surface area contributed by atoms with Crippen molar-refractivity contribution in [3.63, 3.8) is 0 Å². The average molecular weight is 440 g/mol. The lowest BCUT2D eigenvalue weighted by atomic mass is 10.1. The van der Waals surface area contributed by atoms with E-state index in [1.807, 2.05) is 29.0 Å². The molecular weight excluding hydrogens is 410 g/mol. The van der Waals surface area contributed by atoms with Crippen LogP contribution in [0, 0.1) is 0 Å². The molecule has 0 unspecified atom stereocenters. The minimum Gasteiger partial charge on any atom is -0.350 e. The zero-order chi connectivity index (χ0) is 21.8. The summed E-state index contributed by atoms with van der Waals surface area (Å²) in [6.07, 6.45) is 5.73. The Hall–Kier alpha value is -2.64. The monoisotopic (exact) mass is 439 g/mol. The molecule has 1 aromatic heterocycles. The third-order valence-corrected chi connectivity index (χ3v) is 7.82. The molecule has 0 atom stereocenters. The lowest BCUT2D eigenvalue weighted by Crippen LogP contribution is -2.35. The summed E-state index contributed by atoms with van der Waals surface area (Å²) < 4.78 is 29.3. The molecule has 1 fully saturated rings. The second-order valence-corrected chi connectivity index (χ2v) is 10.0. The predicted molar refractivity (Wildman–Crippen MR) is 122 cm³/mol. The molecule has 1 aliphatic rings. The molecule has 164 valence electrons. The minimum atomic E-state index is -3.47. The molecule has 0 bridgehead atoms. The van der Waals surface area contributed by atoms with Gasteiger partial charge in [-0.05, 0) is 54.7 Å². The lowest BCUT2D eigenvalue weighted by Gasteiger charge is -2.25. The van der Waals surface area contributed by atoms with Crippen LogP contribution in [-0.2, 0) is 34.3 Å². The summed E-state index contributed by atoms with van der Waals surface area (Å²) in [6.45, 7) is 3.96. The van der Waals surface area contributed by atoms with Crippen molar-refractivity contribution in [2.24, 2.45) is 0 Å². The normalized spacial score (nSPS) is 15.3. The van der Waals surface area contributed by atoms with Gasteiger partial charge in [-0.15, -0.1) is 0 Å². The maximum Gasteiger partial charge on any atom is 0.243 e. The smallest absolute Gasteiger partial charge is 0.243 e. The molecule has 6 nitrogen and oxygen atoms in total. The van der Waals surface area contributed by atoms with Crippen LogP contribution in [0.5, 0.6) is 0 Å². The third kappa shape index (κ3) is 4.83. The van der Waals surface area contributed by atoms with E-state index >= 15 is 0 Å². The summed E-state index contributed by atoms with van der Waals surface area (Å²) in [4.78, 5) is 12.8. The highest BCUT2D eigenvalue weighted by molar-refractivity contribution is 7.89. The number of carbonyl (C=O) groups excluding carboxylic acids is 1. The highest BCUT2D eigenvalue weighted by Gasteiger charge is 2.26. The van der Waals surface area contributed by atoms with Crippen molar-refractivity contribution in [2.45, 2.75) is 50.6 Å². The second kappa shape index (κ2) is 9.24. The maximum absolute atomic E-state index is 12.9. The first kappa shape index (κ1) is 21.6. The van der Waals surface area contributed by atoms with Crippen LogP contribution in [-0.4, -0.2) is 36.3 Å². The largest absolute Gasteiger partial charge is 0.350 e. The number of rotatable bonds is 7. The number of amides is 1. The Morgan fingerprint density at radius 1 is 0.968 bits per heavy atom. The fourth-order valence-electron chi connectivity index (χ4n) is 4.03. The maximum atomic E-state index is 12.9. The van der Waals surface area contributed by atoms with Gasteiger partial charge in [0, 0.05) is 36.7 Å². The van der Waals surface area contributed by atoms with Gasteiger partial charge in [0.05, 0.1) is 4.90 Å². The summed E-state index contributed by atoms with van der Waals surface area (Å²) >= 11 is 0. The summed E-state index contributed by atoms with van der Waals surface area (Å²) in [5.41, 5.74) is 3.19. The van der Waals surface area contributed by atoms with Crippen molar-refractivity contribution in [1.82, 2.24) is 14.2 Å². The first-order chi connectivity index (χ1) is 15.0. The molecule has 0 aliphatic carbocycles. The van der Waals surface area contributed by atoms with Crippen LogP contribution < -0.4 is 5.32 Å². The highest BCUT2D eigenvalue weighted by atomic mass is 32.2. The lowest BCUT2D eigenvalue weighted by molar-refractivity contribution is -0.121. The number of piperidine rings is 1. The van der Waals surface area contributed by atoms with E-state index in [1.165, 1.54) is 5.56 Å². The summed E-state index contributed by atoms with van der Waals surface area (Å²) in [5, 5.41) is 3.78. The van der Waals surface area contributed by atoms with E-state index < -0.39 is 10.0 Å². The zero-order valence-corrected chi connectivity index (χ0v) is 18.7. The van der Waals surface area contributed by atoms with Crippen LogP contribution in [0.3, 0.4) is 0 Å². The minimum absolute atomic E-state index is 0.0814. The Kier molecular flexibility index (Phi) is 6.43. The van der Waals surface area contributed by atoms with Crippen molar-refractivity contribution >= 4 is 26.8 Å². The van der Waals surface area contributed by atoms with Crippen LogP contribution in [0.15, 0.2) is 59.6 Å². The van der Waals surface area contributed by atoms with E-state index in [1.54, 1.807) is 22.5 Å². The summed E-state index contributed by atoms with van der Waals surface area (Å²) in [7, 11) is -3.47. The molecule has 0 radical (unpaired) electrons. The summed E-state index contributed by atoms with van der Waals surface area (Å²) in [6, 6.07) is 15.2. The molecule has 3 aromatic rings. The van der Waals surface area contributed by atoms with Gasteiger partial charge in [-0.1, -0.05) is 37.6 Å². The average Bonchev–Trinajstić information content (AvgIpc) is 3.20. The van der Waals surface area contributed by atoms with E-state index in [0.29, 0.717) is 24.5 Å². The van der Waals surface area contributed by atoms with Gasteiger partial charge in [0.15, 0.2) is 0 Å². The fourth-order valence-corrected chi connectivity index (χ4v) is 5.59. The van der Waals surface area contributed by atoms with E-state index in [0.717, 1.165) is 42.1 Å². The van der Waals surface area contributed by atoms with Crippen molar-refractivity contribution in [2.75, 3.05) is 13.1 Å². The van der Waals surface area contributed by atoms with Crippen LogP contribution in [0.1, 0.15) is 37.3 Å². The molecule has 1 amide bonds. The molecule has 2 aromatic carbocycles. The molecule has 1 N–H and O–H groups in total. The molecule has 7 heteroatoms. The van der Waals surface area contributed by atoms with Gasteiger partial charge >= 0.3 is 0 Å². The Morgan fingerprint density at radius 3 is 2.39 bits per heavy atom. The molecule has 1 aliphatic heterocycles. The van der Waals surface area contributed by atoms with Gasteiger partial charge in [0.1, 0.15) is 6.54 Å². The zero-order valence-electron chi connectivity index (χ0n) is 17.9. The molecule has 1 saturated heterocycles. The number of hydrogen-bond acceptors (Lipinski definition) is 3. The molecular formula is C24H29N3O3S. The summed E-state index contributed by atoms with van der Waals surface area (Å²) in [5.74, 6) is -0.0814. The first-order valence-corrected chi connectivity index (χ1v) is 12.3. The highest BCUT2D eigenvalue weighted by Crippen LogP contribution is 2.25. The number of carbonyl (C=O) groups is 1. The predicted octanol–water partition coefficient (Wildman–Crippen LogP) is 3.69. The van der Waals surface area contributed by atoms with Crippen molar-refractivity contribution in [3.05, 3.63) is 65.9 Å². The standard InChI is InChI=1S/C24H29N3O3S/c1-2-19-6-8-20(9-7-19)17-25-24(28)18-26-15-12-21-16-22(10-11-23(21)26)31(29,30)27-13-4-3-5-14-27/h6-12,15-16H,2-5,13-14,17-18H2,1H3,(H,25,28). The van der Waals surface area contributed by atoms with E-state index in [4.69, 9.17) is 0 Å². The number of nitrogens with one attached hydrogen (secondary N) is 1. The number of sulfonamides is 1. The van der Waals surface area contributed by atoms with Gasteiger partial charge in [-0.2, -0.15) is 4.31 Å². The van der Waals surface area contributed by atoms with Crippen LogP contribution in [0.2, 0.25) is 0 Å². The van der Waals surface area contributed by atoms with Crippen molar-refractivity contribution in [3.8, 4) is 0 Å². The van der Waals surface area contributed by atoms with Crippen molar-refractivity contribution < 1.29 is 13.2 Å². The molecule has 0 saturated carbocycles. The first-order valence-electron chi connectivity index (χ1n) is 10.9. The Bertz CT molecular complexity index is 1160. The van der Waals surface area contributed by atoms with E-state index in [-0.39, 0.29) is 12.5 Å². The third-order valence-electron chi connectivity index (χ3n) is 5.93. The Labute approximate surface area is 183 Å². The van der Waals surface area contributed by atoms with Gasteiger partial charge in [0.25, 0.3) is 0 Å². The number of benzene rings is 2. The Balaban J connectivity index is 1.43. The molecule has 31 heavy (non-hydrogen) atoms. The fraction of sp³-hybridized carbons (Fsp3) is 0.375. The topological polar surface area (TPSA) is 71.4 Å².